The summed E-state index contributed by atoms with van der Waals surface area (Å²) in [6.45, 7) is 3.60. The Hall–Kier alpha value is -0.870. The van der Waals surface area contributed by atoms with Gasteiger partial charge in [-0.3, -0.25) is 4.79 Å². The van der Waals surface area contributed by atoms with Crippen LogP contribution in [0.5, 0.6) is 0 Å². The molecular weight excluding hydrogens is 282 g/mol. The Balaban J connectivity index is 2.57. The number of rotatable bonds is 5. The molecule has 1 aromatic carbocycles. The molecule has 2 N–H and O–H groups in total. The van der Waals surface area contributed by atoms with E-state index in [-0.39, 0.29) is 11.9 Å². The molecule has 0 fully saturated rings. The molecular formula is C13H18BrNO2. The van der Waals surface area contributed by atoms with Gasteiger partial charge in [-0.2, -0.15) is 0 Å². The molecule has 0 bridgehead atoms. The van der Waals surface area contributed by atoms with Crippen molar-refractivity contribution < 1.29 is 9.90 Å². The second-order valence-electron chi connectivity index (χ2n) is 4.29. The van der Waals surface area contributed by atoms with Gasteiger partial charge in [0.1, 0.15) is 0 Å². The standard InChI is InChI=1S/C13H18BrNO2/c1-9(7-10(2)16)15-13(17)12-5-3-11(8-14)4-6-12/h3-6,9-10,16H,7-8H2,1-2H3,(H,15,17). The molecule has 4 heteroatoms. The van der Waals surface area contributed by atoms with Crippen LogP contribution in [0.2, 0.25) is 0 Å². The smallest absolute Gasteiger partial charge is 0.251 e. The van der Waals surface area contributed by atoms with E-state index in [0.29, 0.717) is 12.0 Å². The van der Waals surface area contributed by atoms with Crippen LogP contribution in [-0.2, 0) is 5.33 Å². The minimum Gasteiger partial charge on any atom is -0.393 e. The Bertz CT molecular complexity index is 362. The summed E-state index contributed by atoms with van der Waals surface area (Å²) in [6, 6.07) is 7.42. The van der Waals surface area contributed by atoms with Crippen molar-refractivity contribution in [2.24, 2.45) is 0 Å². The van der Waals surface area contributed by atoms with Crippen molar-refractivity contribution in [2.75, 3.05) is 0 Å². The van der Waals surface area contributed by atoms with Gasteiger partial charge in [-0.25, -0.2) is 0 Å². The average Bonchev–Trinajstić information content (AvgIpc) is 2.28. The highest BCUT2D eigenvalue weighted by atomic mass is 79.9. The van der Waals surface area contributed by atoms with Crippen molar-refractivity contribution in [3.63, 3.8) is 0 Å². The van der Waals surface area contributed by atoms with Crippen molar-refractivity contribution in [3.05, 3.63) is 35.4 Å². The summed E-state index contributed by atoms with van der Waals surface area (Å²) < 4.78 is 0. The molecule has 0 aromatic heterocycles. The van der Waals surface area contributed by atoms with Crippen molar-refractivity contribution in [2.45, 2.75) is 37.7 Å². The number of hydrogen-bond acceptors (Lipinski definition) is 2. The maximum Gasteiger partial charge on any atom is 0.251 e. The van der Waals surface area contributed by atoms with Crippen molar-refractivity contribution in [1.29, 1.82) is 0 Å². The first-order chi connectivity index (χ1) is 8.02. The molecule has 2 atom stereocenters. The molecule has 3 nitrogen and oxygen atoms in total. The number of halogens is 1. The van der Waals surface area contributed by atoms with Crippen molar-refractivity contribution >= 4 is 21.8 Å². The van der Waals surface area contributed by atoms with Gasteiger partial charge in [0.15, 0.2) is 0 Å². The lowest BCUT2D eigenvalue weighted by Crippen LogP contribution is -2.34. The van der Waals surface area contributed by atoms with Gasteiger partial charge in [-0.15, -0.1) is 0 Å². The van der Waals surface area contributed by atoms with Gasteiger partial charge in [-0.05, 0) is 38.0 Å². The van der Waals surface area contributed by atoms with Crippen LogP contribution in [0.3, 0.4) is 0 Å². The molecule has 0 aliphatic rings. The number of aliphatic hydroxyl groups is 1. The number of hydrogen-bond donors (Lipinski definition) is 2. The summed E-state index contributed by atoms with van der Waals surface area (Å²) in [4.78, 5) is 11.8. The Kier molecular flexibility index (Phi) is 5.65. The molecule has 0 saturated heterocycles. The van der Waals surface area contributed by atoms with E-state index in [1.807, 2.05) is 19.1 Å². The fourth-order valence-electron chi connectivity index (χ4n) is 1.62. The van der Waals surface area contributed by atoms with E-state index in [1.165, 1.54) is 0 Å². The molecule has 2 unspecified atom stereocenters. The summed E-state index contributed by atoms with van der Waals surface area (Å²) in [5, 5.41) is 12.9. The van der Waals surface area contributed by atoms with Gasteiger partial charge in [0.2, 0.25) is 0 Å². The fourth-order valence-corrected chi connectivity index (χ4v) is 2.00. The summed E-state index contributed by atoms with van der Waals surface area (Å²) in [6.07, 6.45) is 0.159. The number of alkyl halides is 1. The minimum atomic E-state index is -0.402. The predicted octanol–water partition coefficient (Wildman–Crippen LogP) is 2.47. The van der Waals surface area contributed by atoms with Gasteiger partial charge in [0, 0.05) is 16.9 Å². The van der Waals surface area contributed by atoms with Crippen LogP contribution in [-0.4, -0.2) is 23.2 Å². The first-order valence-electron chi connectivity index (χ1n) is 5.66. The van der Waals surface area contributed by atoms with Crippen LogP contribution >= 0.6 is 15.9 Å². The van der Waals surface area contributed by atoms with E-state index in [2.05, 4.69) is 21.2 Å². The van der Waals surface area contributed by atoms with Gasteiger partial charge in [-0.1, -0.05) is 28.1 Å². The summed E-state index contributed by atoms with van der Waals surface area (Å²) in [5.74, 6) is -0.0979. The van der Waals surface area contributed by atoms with E-state index in [0.717, 1.165) is 10.9 Å². The van der Waals surface area contributed by atoms with E-state index in [1.54, 1.807) is 19.1 Å². The number of benzene rings is 1. The van der Waals surface area contributed by atoms with Crippen LogP contribution in [0, 0.1) is 0 Å². The van der Waals surface area contributed by atoms with Gasteiger partial charge < -0.3 is 10.4 Å². The fraction of sp³-hybridized carbons (Fsp3) is 0.462. The zero-order valence-electron chi connectivity index (χ0n) is 10.1. The quantitative estimate of drug-likeness (QED) is 0.821. The third kappa shape index (κ3) is 4.88. The largest absolute Gasteiger partial charge is 0.393 e. The van der Waals surface area contributed by atoms with E-state index < -0.39 is 6.10 Å². The first-order valence-corrected chi connectivity index (χ1v) is 6.79. The highest BCUT2D eigenvalue weighted by Crippen LogP contribution is 2.08. The lowest BCUT2D eigenvalue weighted by molar-refractivity contribution is 0.0923. The molecule has 0 aliphatic heterocycles. The number of carbonyl (C=O) groups is 1. The SMILES string of the molecule is CC(O)CC(C)NC(=O)c1ccc(CBr)cc1. The molecule has 1 rings (SSSR count). The molecule has 17 heavy (non-hydrogen) atoms. The van der Waals surface area contributed by atoms with Crippen molar-refractivity contribution in [3.8, 4) is 0 Å². The first kappa shape index (κ1) is 14.2. The molecule has 94 valence electrons. The van der Waals surface area contributed by atoms with E-state index in [4.69, 9.17) is 0 Å². The van der Waals surface area contributed by atoms with E-state index in [9.17, 15) is 9.90 Å². The van der Waals surface area contributed by atoms with Crippen LogP contribution in [0.4, 0.5) is 0 Å². The third-order valence-electron chi connectivity index (χ3n) is 2.44. The van der Waals surface area contributed by atoms with Crippen LogP contribution in [0.25, 0.3) is 0 Å². The second kappa shape index (κ2) is 6.77. The summed E-state index contributed by atoms with van der Waals surface area (Å²) >= 11 is 3.36. The zero-order chi connectivity index (χ0) is 12.8. The molecule has 0 aliphatic carbocycles. The Morgan fingerprint density at radius 3 is 2.41 bits per heavy atom. The molecule has 0 radical (unpaired) electrons. The Morgan fingerprint density at radius 1 is 1.35 bits per heavy atom. The number of carbonyl (C=O) groups excluding carboxylic acids is 1. The van der Waals surface area contributed by atoms with E-state index >= 15 is 0 Å². The second-order valence-corrected chi connectivity index (χ2v) is 4.85. The average molecular weight is 300 g/mol. The topological polar surface area (TPSA) is 49.3 Å². The lowest BCUT2D eigenvalue weighted by atomic mass is 10.1. The highest BCUT2D eigenvalue weighted by Gasteiger charge is 2.11. The van der Waals surface area contributed by atoms with Gasteiger partial charge >= 0.3 is 0 Å². The molecule has 0 spiro atoms. The zero-order valence-corrected chi connectivity index (χ0v) is 11.7. The van der Waals surface area contributed by atoms with Crippen LogP contribution in [0.15, 0.2) is 24.3 Å². The molecule has 0 saturated carbocycles. The third-order valence-corrected chi connectivity index (χ3v) is 3.09. The number of aliphatic hydroxyl groups excluding tert-OH is 1. The number of nitrogens with one attached hydrogen (secondary N) is 1. The monoisotopic (exact) mass is 299 g/mol. The molecule has 1 aromatic rings. The van der Waals surface area contributed by atoms with Crippen LogP contribution < -0.4 is 5.32 Å². The highest BCUT2D eigenvalue weighted by molar-refractivity contribution is 9.08. The maximum absolute atomic E-state index is 11.8. The number of amides is 1. The Labute approximate surface area is 110 Å². The lowest BCUT2D eigenvalue weighted by Gasteiger charge is -2.15. The van der Waals surface area contributed by atoms with Gasteiger partial charge in [0.05, 0.1) is 6.10 Å². The molecule has 1 amide bonds. The predicted molar refractivity (Wildman–Crippen MR) is 72.3 cm³/mol. The van der Waals surface area contributed by atoms with Crippen LogP contribution in [0.1, 0.15) is 36.2 Å². The maximum atomic E-state index is 11.8. The van der Waals surface area contributed by atoms with Gasteiger partial charge in [0.25, 0.3) is 5.91 Å². The normalized spacial score (nSPS) is 14.1. The summed E-state index contributed by atoms with van der Waals surface area (Å²) in [5.41, 5.74) is 1.78. The Morgan fingerprint density at radius 2 is 1.94 bits per heavy atom. The van der Waals surface area contributed by atoms with Crippen molar-refractivity contribution in [1.82, 2.24) is 5.32 Å². The molecule has 0 heterocycles. The minimum absolute atomic E-state index is 0.0293. The summed E-state index contributed by atoms with van der Waals surface area (Å²) in [7, 11) is 0.